The number of esters is 1. The van der Waals surface area contributed by atoms with Gasteiger partial charge in [-0.25, -0.2) is 0 Å². The van der Waals surface area contributed by atoms with Gasteiger partial charge in [-0.3, -0.25) is 19.7 Å². The molecule has 2 aromatic carbocycles. The van der Waals surface area contributed by atoms with Gasteiger partial charge in [0.2, 0.25) is 5.91 Å². The molecule has 0 aliphatic carbocycles. The largest absolute Gasteiger partial charge is 0.465 e. The minimum atomic E-state index is -0.830. The fourth-order valence-electron chi connectivity index (χ4n) is 3.25. The molecular formula is C23H25N3O4S. The van der Waals surface area contributed by atoms with Crippen LogP contribution in [0.25, 0.3) is 0 Å². The van der Waals surface area contributed by atoms with E-state index in [1.54, 1.807) is 17.0 Å². The topological polar surface area (TPSA) is 87.7 Å². The molecule has 2 amide bonds. The third-order valence-electron chi connectivity index (χ3n) is 4.98. The third kappa shape index (κ3) is 6.36. The van der Waals surface area contributed by atoms with Gasteiger partial charge in [0.05, 0.1) is 13.0 Å². The Morgan fingerprint density at radius 1 is 1.16 bits per heavy atom. The fourth-order valence-corrected chi connectivity index (χ4v) is 3.56. The summed E-state index contributed by atoms with van der Waals surface area (Å²) in [5, 5.41) is 5.51. The van der Waals surface area contributed by atoms with Crippen LogP contribution in [-0.4, -0.2) is 53.5 Å². The first kappa shape index (κ1) is 22.4. The first-order chi connectivity index (χ1) is 14.9. The number of carbonyl (C=O) groups is 3. The zero-order valence-electron chi connectivity index (χ0n) is 17.3. The molecule has 31 heavy (non-hydrogen) atoms. The third-order valence-corrected chi connectivity index (χ3v) is 5.32. The average molecular weight is 440 g/mol. The van der Waals surface area contributed by atoms with Crippen LogP contribution >= 0.6 is 12.2 Å². The van der Waals surface area contributed by atoms with Gasteiger partial charge in [0.25, 0.3) is 5.91 Å². The fraction of sp³-hybridized carbons (Fsp3) is 0.304. The van der Waals surface area contributed by atoms with Gasteiger partial charge >= 0.3 is 5.97 Å². The number of piperazine rings is 1. The Morgan fingerprint density at radius 3 is 2.58 bits per heavy atom. The number of rotatable bonds is 6. The van der Waals surface area contributed by atoms with Crippen molar-refractivity contribution in [3.05, 3.63) is 71.3 Å². The van der Waals surface area contributed by atoms with Gasteiger partial charge in [0.15, 0.2) is 5.11 Å². The van der Waals surface area contributed by atoms with E-state index >= 15 is 0 Å². The minimum absolute atomic E-state index is 0.113. The molecule has 8 heteroatoms. The van der Waals surface area contributed by atoms with Gasteiger partial charge in [-0.15, -0.1) is 0 Å². The van der Waals surface area contributed by atoms with Gasteiger partial charge in [-0.1, -0.05) is 48.0 Å². The first-order valence-electron chi connectivity index (χ1n) is 10.1. The summed E-state index contributed by atoms with van der Waals surface area (Å²) >= 11 is 5.37. The lowest BCUT2D eigenvalue weighted by Crippen LogP contribution is -2.60. The van der Waals surface area contributed by atoms with Crippen LogP contribution in [0.2, 0.25) is 0 Å². The molecule has 7 nitrogen and oxygen atoms in total. The van der Waals surface area contributed by atoms with Gasteiger partial charge in [-0.05, 0) is 36.8 Å². The lowest BCUT2D eigenvalue weighted by molar-refractivity contribution is -0.147. The molecule has 1 atom stereocenters. The van der Waals surface area contributed by atoms with Crippen LogP contribution < -0.4 is 10.6 Å². The van der Waals surface area contributed by atoms with E-state index < -0.39 is 12.0 Å². The highest BCUT2D eigenvalue weighted by Crippen LogP contribution is 2.12. The maximum Gasteiger partial charge on any atom is 0.308 e. The summed E-state index contributed by atoms with van der Waals surface area (Å²) in [6.07, 6.45) is 0.444. The van der Waals surface area contributed by atoms with Crippen molar-refractivity contribution in [1.82, 2.24) is 15.5 Å². The number of thiocarbonyl (C=S) groups is 1. The molecule has 1 aliphatic rings. The Labute approximate surface area is 186 Å². The molecule has 0 spiro atoms. The molecule has 0 saturated carbocycles. The summed E-state index contributed by atoms with van der Waals surface area (Å²) in [6, 6.07) is 15.9. The van der Waals surface area contributed by atoms with Crippen LogP contribution in [0.4, 0.5) is 0 Å². The van der Waals surface area contributed by atoms with Crippen molar-refractivity contribution < 1.29 is 19.1 Å². The molecule has 0 radical (unpaired) electrons. The summed E-state index contributed by atoms with van der Waals surface area (Å²) in [7, 11) is 0. The number of benzene rings is 2. The van der Waals surface area contributed by atoms with Crippen molar-refractivity contribution in [1.29, 1.82) is 0 Å². The van der Waals surface area contributed by atoms with Crippen LogP contribution in [0.3, 0.4) is 0 Å². The maximum absolute atomic E-state index is 12.5. The van der Waals surface area contributed by atoms with E-state index in [0.29, 0.717) is 25.1 Å². The highest BCUT2D eigenvalue weighted by atomic mass is 32.1. The van der Waals surface area contributed by atoms with Gasteiger partial charge in [-0.2, -0.15) is 0 Å². The van der Waals surface area contributed by atoms with Crippen molar-refractivity contribution in [3.8, 4) is 0 Å². The summed E-state index contributed by atoms with van der Waals surface area (Å²) in [5.41, 5.74) is 2.57. The smallest absolute Gasteiger partial charge is 0.308 e. The lowest BCUT2D eigenvalue weighted by atomic mass is 10.1. The molecule has 0 aromatic heterocycles. The average Bonchev–Trinajstić information content (AvgIpc) is 2.76. The predicted octanol–water partition coefficient (Wildman–Crippen LogP) is 1.99. The van der Waals surface area contributed by atoms with Crippen LogP contribution in [0, 0.1) is 6.92 Å². The van der Waals surface area contributed by atoms with Crippen LogP contribution in [-0.2, 0) is 20.7 Å². The van der Waals surface area contributed by atoms with E-state index in [1.165, 1.54) is 0 Å². The van der Waals surface area contributed by atoms with Crippen molar-refractivity contribution in [2.45, 2.75) is 25.8 Å². The van der Waals surface area contributed by atoms with Crippen molar-refractivity contribution in [3.63, 3.8) is 0 Å². The number of nitrogens with one attached hydrogen (secondary N) is 2. The van der Waals surface area contributed by atoms with E-state index in [-0.39, 0.29) is 30.0 Å². The quantitative estimate of drug-likeness (QED) is 0.529. The Bertz CT molecular complexity index is 947. The zero-order valence-corrected chi connectivity index (χ0v) is 18.1. The molecule has 1 aliphatic heterocycles. The van der Waals surface area contributed by atoms with Crippen molar-refractivity contribution in [2.75, 3.05) is 19.7 Å². The summed E-state index contributed by atoms with van der Waals surface area (Å²) in [4.78, 5) is 38.8. The van der Waals surface area contributed by atoms with Crippen LogP contribution in [0.15, 0.2) is 54.6 Å². The molecular weight excluding hydrogens is 414 g/mol. The van der Waals surface area contributed by atoms with Gasteiger partial charge in [0.1, 0.15) is 6.04 Å². The molecule has 162 valence electrons. The second kappa shape index (κ2) is 10.7. The molecule has 2 N–H and O–H groups in total. The Morgan fingerprint density at radius 2 is 1.87 bits per heavy atom. The summed E-state index contributed by atoms with van der Waals surface area (Å²) in [6.45, 7) is 2.92. The highest BCUT2D eigenvalue weighted by Gasteiger charge is 2.34. The van der Waals surface area contributed by atoms with E-state index in [1.807, 2.05) is 49.4 Å². The second-order valence-electron chi connectivity index (χ2n) is 7.29. The summed E-state index contributed by atoms with van der Waals surface area (Å²) in [5.74, 6) is -1.17. The second-order valence-corrected chi connectivity index (χ2v) is 7.67. The molecule has 1 unspecified atom stereocenters. The Kier molecular flexibility index (Phi) is 7.72. The minimum Gasteiger partial charge on any atom is -0.465 e. The number of amides is 2. The normalized spacial score (nSPS) is 15.7. The van der Waals surface area contributed by atoms with E-state index in [0.717, 1.165) is 11.1 Å². The number of aryl methyl sites for hydroxylation is 1. The number of hydrogen-bond donors (Lipinski definition) is 2. The Balaban J connectivity index is 1.56. The molecule has 1 saturated heterocycles. The molecule has 2 aromatic rings. The van der Waals surface area contributed by atoms with E-state index in [2.05, 4.69) is 10.6 Å². The standard InChI is InChI=1S/C23H25N3O4S/c1-16-7-9-18(10-8-16)21(28)25-23(31)26-13-12-24-22(29)19(26)15-20(27)30-14-11-17-5-3-2-4-6-17/h2-10,19H,11-15H2,1H3,(H,24,29)(H,25,28,31). The van der Waals surface area contributed by atoms with Crippen molar-refractivity contribution in [2.24, 2.45) is 0 Å². The maximum atomic E-state index is 12.5. The molecule has 0 bridgehead atoms. The number of hydrogen-bond acceptors (Lipinski definition) is 5. The molecule has 1 heterocycles. The predicted molar refractivity (Wildman–Crippen MR) is 120 cm³/mol. The number of ether oxygens (including phenoxy) is 1. The van der Waals surface area contributed by atoms with Gasteiger partial charge in [0, 0.05) is 25.1 Å². The van der Waals surface area contributed by atoms with E-state index in [9.17, 15) is 14.4 Å². The molecule has 3 rings (SSSR count). The Hall–Kier alpha value is -3.26. The van der Waals surface area contributed by atoms with Crippen LogP contribution in [0.1, 0.15) is 27.9 Å². The number of nitrogens with zero attached hydrogens (tertiary/aromatic N) is 1. The SMILES string of the molecule is Cc1ccc(C(=O)NC(=S)N2CCNC(=O)C2CC(=O)OCCc2ccccc2)cc1. The first-order valence-corrected chi connectivity index (χ1v) is 10.5. The zero-order chi connectivity index (χ0) is 22.2. The van der Waals surface area contributed by atoms with Gasteiger partial charge < -0.3 is 15.0 Å². The van der Waals surface area contributed by atoms with Crippen LogP contribution in [0.5, 0.6) is 0 Å². The van der Waals surface area contributed by atoms with Crippen molar-refractivity contribution >= 4 is 35.1 Å². The molecule has 1 fully saturated rings. The highest BCUT2D eigenvalue weighted by molar-refractivity contribution is 7.80. The van der Waals surface area contributed by atoms with E-state index in [4.69, 9.17) is 17.0 Å². The monoisotopic (exact) mass is 439 g/mol. The number of carbonyl (C=O) groups excluding carboxylic acids is 3. The lowest BCUT2D eigenvalue weighted by Gasteiger charge is -2.36. The summed E-state index contributed by atoms with van der Waals surface area (Å²) < 4.78 is 5.31.